The van der Waals surface area contributed by atoms with Crippen molar-refractivity contribution in [3.8, 4) is 16.8 Å². The number of ether oxygens (including phenoxy) is 2. The number of carbonyl (C=O) groups excluding carboxylic acids is 3. The highest BCUT2D eigenvalue weighted by molar-refractivity contribution is 6.07. The minimum absolute atomic E-state index is 0.0866. The highest BCUT2D eigenvalue weighted by atomic mass is 16.6. The number of esters is 2. The molecule has 1 amide bonds. The molecule has 0 bridgehead atoms. The molecule has 0 saturated heterocycles. The lowest BCUT2D eigenvalue weighted by Crippen LogP contribution is -2.46. The molecule has 3 aromatic carbocycles. The van der Waals surface area contributed by atoms with Gasteiger partial charge in [-0.3, -0.25) is 4.79 Å². The van der Waals surface area contributed by atoms with Crippen molar-refractivity contribution in [2.75, 3.05) is 13.2 Å². The summed E-state index contributed by atoms with van der Waals surface area (Å²) in [6.07, 6.45) is 2.76. The van der Waals surface area contributed by atoms with Gasteiger partial charge in [0.25, 0.3) is 5.91 Å². The minimum Gasteiger partial charge on any atom is -0.461 e. The molecule has 0 unspecified atom stereocenters. The van der Waals surface area contributed by atoms with Gasteiger partial charge in [0.2, 0.25) is 0 Å². The third kappa shape index (κ3) is 7.30. The van der Waals surface area contributed by atoms with Crippen LogP contribution in [0.2, 0.25) is 0 Å². The van der Waals surface area contributed by atoms with E-state index in [0.717, 1.165) is 35.3 Å². The van der Waals surface area contributed by atoms with E-state index < -0.39 is 23.6 Å². The number of aromatic nitrogens is 2. The number of hydrogen-bond donors (Lipinski definition) is 1. The third-order valence-corrected chi connectivity index (χ3v) is 8.20. The highest BCUT2D eigenvalue weighted by Crippen LogP contribution is 2.36. The average Bonchev–Trinajstić information content (AvgIpc) is 3.45. The van der Waals surface area contributed by atoms with Gasteiger partial charge in [-0.05, 0) is 87.9 Å². The first-order valence-corrected chi connectivity index (χ1v) is 16.3. The molecular formula is C38H43N3O6. The summed E-state index contributed by atoms with van der Waals surface area (Å²) in [6.45, 7) is 9.37. The first-order valence-electron chi connectivity index (χ1n) is 16.3. The molecule has 1 aromatic heterocycles. The zero-order valence-electron chi connectivity index (χ0n) is 27.8. The van der Waals surface area contributed by atoms with E-state index in [1.165, 1.54) is 0 Å². The molecule has 1 aliphatic rings. The van der Waals surface area contributed by atoms with Crippen LogP contribution in [0.5, 0.6) is 0 Å². The van der Waals surface area contributed by atoms with Crippen LogP contribution in [-0.4, -0.2) is 62.5 Å². The van der Waals surface area contributed by atoms with Crippen LogP contribution in [0.15, 0.2) is 72.8 Å². The summed E-state index contributed by atoms with van der Waals surface area (Å²) < 4.78 is 12.9. The summed E-state index contributed by atoms with van der Waals surface area (Å²) in [7, 11) is 0. The average molecular weight is 638 g/mol. The lowest BCUT2D eigenvalue weighted by Gasteiger charge is -2.36. The Labute approximate surface area is 276 Å². The van der Waals surface area contributed by atoms with Crippen LogP contribution in [0.3, 0.4) is 0 Å². The number of amides is 1. The van der Waals surface area contributed by atoms with Crippen molar-refractivity contribution >= 4 is 17.8 Å². The van der Waals surface area contributed by atoms with Crippen molar-refractivity contribution in [1.82, 2.24) is 14.7 Å². The second-order valence-electron chi connectivity index (χ2n) is 12.7. The minimum atomic E-state index is -0.750. The largest absolute Gasteiger partial charge is 0.461 e. The number of aliphatic hydroxyl groups is 1. The molecule has 9 nitrogen and oxygen atoms in total. The summed E-state index contributed by atoms with van der Waals surface area (Å²) in [5, 5.41) is 15.2. The maximum absolute atomic E-state index is 14.8. The normalized spacial score (nSPS) is 14.4. The first-order chi connectivity index (χ1) is 22.6. The molecule has 4 aromatic rings. The summed E-state index contributed by atoms with van der Waals surface area (Å²) in [4.78, 5) is 43.3. The second kappa shape index (κ2) is 14.3. The van der Waals surface area contributed by atoms with Crippen LogP contribution >= 0.6 is 0 Å². The Balaban J connectivity index is 1.76. The number of aliphatic hydroxyl groups excluding tert-OH is 1. The lowest BCUT2D eigenvalue weighted by molar-refractivity contribution is 0.00692. The predicted octanol–water partition coefficient (Wildman–Crippen LogP) is 6.57. The number of hydrogen-bond acceptors (Lipinski definition) is 7. The van der Waals surface area contributed by atoms with E-state index in [-0.39, 0.29) is 42.5 Å². The molecule has 0 aliphatic carbocycles. The third-order valence-electron chi connectivity index (χ3n) is 8.20. The van der Waals surface area contributed by atoms with Gasteiger partial charge in [0.15, 0.2) is 5.69 Å². The molecule has 0 spiro atoms. The standard InChI is InChI=1S/C38H43N3O6/c1-6-8-18-32-33(34(37(45)46-7-2)39-41(32)28-16-10-9-11-17-28)30-20-19-26(36(44)47-38(3,4)5)22-31(30)35(43)40-23-27-15-13-12-14-25(27)21-29(40)24-42/h9-17,19-20,22,29,42H,6-8,18,21,23-24H2,1-5H3/t29-/m0/s1. The molecular weight excluding hydrogens is 594 g/mol. The monoisotopic (exact) mass is 637 g/mol. The Bertz CT molecular complexity index is 1750. The van der Waals surface area contributed by atoms with Gasteiger partial charge in [0.1, 0.15) is 5.60 Å². The molecule has 1 aliphatic heterocycles. The summed E-state index contributed by atoms with van der Waals surface area (Å²) in [5.41, 5.74) is 4.27. The molecule has 0 saturated carbocycles. The number of fused-ring (bicyclic) bond motifs is 1. The van der Waals surface area contributed by atoms with E-state index in [4.69, 9.17) is 14.6 Å². The van der Waals surface area contributed by atoms with Crippen LogP contribution in [0.1, 0.15) is 95.5 Å². The van der Waals surface area contributed by atoms with Crippen molar-refractivity contribution in [3.05, 3.63) is 106 Å². The van der Waals surface area contributed by atoms with Gasteiger partial charge < -0.3 is 19.5 Å². The van der Waals surface area contributed by atoms with E-state index in [1.807, 2.05) is 54.6 Å². The van der Waals surface area contributed by atoms with Crippen LogP contribution in [0.4, 0.5) is 0 Å². The second-order valence-corrected chi connectivity index (χ2v) is 12.7. The van der Waals surface area contributed by atoms with Crippen molar-refractivity contribution in [3.63, 3.8) is 0 Å². The van der Waals surface area contributed by atoms with E-state index >= 15 is 0 Å². The van der Waals surface area contributed by atoms with Gasteiger partial charge in [-0.2, -0.15) is 5.10 Å². The van der Waals surface area contributed by atoms with Crippen LogP contribution in [0, 0.1) is 0 Å². The van der Waals surface area contributed by atoms with Crippen molar-refractivity contribution in [2.45, 2.75) is 78.5 Å². The van der Waals surface area contributed by atoms with Gasteiger partial charge in [-0.1, -0.05) is 61.9 Å². The zero-order valence-corrected chi connectivity index (χ0v) is 27.8. The molecule has 9 heteroatoms. The SMILES string of the molecule is CCCCc1c(-c2ccc(C(=O)OC(C)(C)C)cc2C(=O)N2Cc3ccccc3C[C@H]2CO)c(C(=O)OCC)nn1-c1ccccc1. The topological polar surface area (TPSA) is 111 Å². The van der Waals surface area contributed by atoms with E-state index in [0.29, 0.717) is 24.0 Å². The fourth-order valence-electron chi connectivity index (χ4n) is 5.98. The lowest BCUT2D eigenvalue weighted by atomic mass is 9.90. The molecule has 1 N–H and O–H groups in total. The molecule has 47 heavy (non-hydrogen) atoms. The highest BCUT2D eigenvalue weighted by Gasteiger charge is 2.34. The number of nitrogens with zero attached hydrogens (tertiary/aromatic N) is 3. The molecule has 0 radical (unpaired) electrons. The molecule has 0 fully saturated rings. The van der Waals surface area contributed by atoms with E-state index in [1.54, 1.807) is 55.5 Å². The first kappa shape index (κ1) is 33.6. The number of rotatable bonds is 10. The smallest absolute Gasteiger partial charge is 0.359 e. The van der Waals surface area contributed by atoms with E-state index in [9.17, 15) is 19.5 Å². The zero-order chi connectivity index (χ0) is 33.7. The Hall–Kier alpha value is -4.76. The Morgan fingerprint density at radius 3 is 2.30 bits per heavy atom. The van der Waals surface area contributed by atoms with Gasteiger partial charge in [0, 0.05) is 17.7 Å². The van der Waals surface area contributed by atoms with Crippen LogP contribution in [0.25, 0.3) is 16.8 Å². The molecule has 246 valence electrons. The van der Waals surface area contributed by atoms with Crippen molar-refractivity contribution < 1.29 is 29.0 Å². The van der Waals surface area contributed by atoms with E-state index in [2.05, 4.69) is 6.92 Å². The summed E-state index contributed by atoms with van der Waals surface area (Å²) in [6, 6.07) is 21.8. The summed E-state index contributed by atoms with van der Waals surface area (Å²) in [5.74, 6) is -1.55. The quantitative estimate of drug-likeness (QED) is 0.196. The van der Waals surface area contributed by atoms with Gasteiger partial charge in [-0.25, -0.2) is 14.3 Å². The number of benzene rings is 3. The van der Waals surface area contributed by atoms with Crippen molar-refractivity contribution in [1.29, 1.82) is 0 Å². The number of para-hydroxylation sites is 1. The van der Waals surface area contributed by atoms with Crippen LogP contribution < -0.4 is 0 Å². The fourth-order valence-corrected chi connectivity index (χ4v) is 5.98. The fraction of sp³-hybridized carbons (Fsp3) is 0.368. The predicted molar refractivity (Wildman–Crippen MR) is 180 cm³/mol. The van der Waals surface area contributed by atoms with Crippen LogP contribution in [-0.2, 0) is 28.9 Å². The molecule has 5 rings (SSSR count). The molecule has 1 atom stereocenters. The van der Waals surface area contributed by atoms with Gasteiger partial charge in [0.05, 0.1) is 36.2 Å². The maximum Gasteiger partial charge on any atom is 0.359 e. The number of unbranched alkanes of at least 4 members (excludes halogenated alkanes) is 1. The maximum atomic E-state index is 14.8. The van der Waals surface area contributed by atoms with Gasteiger partial charge >= 0.3 is 11.9 Å². The summed E-state index contributed by atoms with van der Waals surface area (Å²) >= 11 is 0. The van der Waals surface area contributed by atoms with Crippen molar-refractivity contribution in [2.24, 2.45) is 0 Å². The van der Waals surface area contributed by atoms with Gasteiger partial charge in [-0.15, -0.1) is 0 Å². The number of carbonyl (C=O) groups is 3. The Kier molecular flexibility index (Phi) is 10.3. The molecule has 2 heterocycles. The Morgan fingerprint density at radius 1 is 0.936 bits per heavy atom. The Morgan fingerprint density at radius 2 is 1.64 bits per heavy atom.